The van der Waals surface area contributed by atoms with Crippen LogP contribution in [0.2, 0.25) is 15.1 Å². The summed E-state index contributed by atoms with van der Waals surface area (Å²) in [5.74, 6) is 1.40. The topological polar surface area (TPSA) is 18.5 Å². The average Bonchev–Trinajstić information content (AvgIpc) is 2.42. The minimum Gasteiger partial charge on any atom is -0.492 e. The van der Waals surface area contributed by atoms with Crippen LogP contribution in [0.1, 0.15) is 23.1 Å². The molecular formula is C18H19Cl3O2. The summed E-state index contributed by atoms with van der Waals surface area (Å²) in [4.78, 5) is 0. The number of benzene rings is 2. The van der Waals surface area contributed by atoms with Crippen molar-refractivity contribution in [2.75, 3.05) is 13.2 Å². The number of halogens is 3. The predicted molar refractivity (Wildman–Crippen MR) is 97.7 cm³/mol. The van der Waals surface area contributed by atoms with Gasteiger partial charge in [0.05, 0.1) is 23.3 Å². The van der Waals surface area contributed by atoms with E-state index in [1.807, 2.05) is 32.9 Å². The van der Waals surface area contributed by atoms with Gasteiger partial charge >= 0.3 is 0 Å². The number of hydrogen-bond donors (Lipinski definition) is 0. The van der Waals surface area contributed by atoms with Crippen LogP contribution in [-0.2, 0) is 0 Å². The molecule has 0 heterocycles. The monoisotopic (exact) mass is 372 g/mol. The predicted octanol–water partition coefficient (Wildman–Crippen LogP) is 6.42. The first-order valence-corrected chi connectivity index (χ1v) is 8.50. The molecule has 0 spiro atoms. The van der Waals surface area contributed by atoms with Crippen LogP contribution in [0.3, 0.4) is 0 Å². The SMILES string of the molecule is Cc1cc(C)c(OCCCOc2c(C)cc(Cl)cc2Cl)c(Cl)c1. The van der Waals surface area contributed by atoms with Gasteiger partial charge in [-0.3, -0.25) is 0 Å². The first-order chi connectivity index (χ1) is 10.9. The summed E-state index contributed by atoms with van der Waals surface area (Å²) in [7, 11) is 0. The van der Waals surface area contributed by atoms with E-state index >= 15 is 0 Å². The maximum Gasteiger partial charge on any atom is 0.140 e. The van der Waals surface area contributed by atoms with E-state index in [1.165, 1.54) is 0 Å². The molecule has 2 nitrogen and oxygen atoms in total. The fourth-order valence-electron chi connectivity index (χ4n) is 2.36. The molecule has 0 saturated heterocycles. The van der Waals surface area contributed by atoms with Gasteiger partial charge in [-0.05, 0) is 55.7 Å². The lowest BCUT2D eigenvalue weighted by Crippen LogP contribution is -2.07. The molecule has 5 heteroatoms. The zero-order valence-corrected chi connectivity index (χ0v) is 15.6. The van der Waals surface area contributed by atoms with Crippen LogP contribution >= 0.6 is 34.8 Å². The third kappa shape index (κ3) is 4.94. The summed E-state index contributed by atoms with van der Waals surface area (Å²) in [5.41, 5.74) is 3.07. The molecule has 0 N–H and O–H groups in total. The molecule has 0 aliphatic heterocycles. The minimum atomic E-state index is 0.505. The molecule has 124 valence electrons. The first kappa shape index (κ1) is 18.3. The van der Waals surface area contributed by atoms with Gasteiger partial charge < -0.3 is 9.47 Å². The van der Waals surface area contributed by atoms with E-state index < -0.39 is 0 Å². The molecule has 0 saturated carbocycles. The van der Waals surface area contributed by atoms with Crippen molar-refractivity contribution in [1.82, 2.24) is 0 Å². The molecule has 0 radical (unpaired) electrons. The fourth-order valence-corrected chi connectivity index (χ4v) is 3.39. The van der Waals surface area contributed by atoms with E-state index in [1.54, 1.807) is 6.07 Å². The van der Waals surface area contributed by atoms with Gasteiger partial charge in [-0.2, -0.15) is 0 Å². The van der Waals surface area contributed by atoms with Crippen LogP contribution < -0.4 is 9.47 Å². The Balaban J connectivity index is 1.85. The van der Waals surface area contributed by atoms with Gasteiger partial charge in [0.25, 0.3) is 0 Å². The summed E-state index contributed by atoms with van der Waals surface area (Å²) < 4.78 is 11.5. The summed E-state index contributed by atoms with van der Waals surface area (Å²) in [6, 6.07) is 7.46. The molecule has 0 unspecified atom stereocenters. The lowest BCUT2D eigenvalue weighted by atomic mass is 10.1. The molecule has 0 atom stereocenters. The van der Waals surface area contributed by atoms with Gasteiger partial charge in [-0.25, -0.2) is 0 Å². The van der Waals surface area contributed by atoms with Gasteiger partial charge in [-0.1, -0.05) is 40.9 Å². The third-order valence-corrected chi connectivity index (χ3v) is 4.13. The van der Waals surface area contributed by atoms with Crippen molar-refractivity contribution < 1.29 is 9.47 Å². The van der Waals surface area contributed by atoms with Crippen molar-refractivity contribution in [3.63, 3.8) is 0 Å². The maximum absolute atomic E-state index is 6.21. The van der Waals surface area contributed by atoms with Crippen LogP contribution in [-0.4, -0.2) is 13.2 Å². The molecule has 2 rings (SSSR count). The normalized spacial score (nSPS) is 10.7. The summed E-state index contributed by atoms with van der Waals surface area (Å²) in [5, 5.41) is 1.76. The lowest BCUT2D eigenvalue weighted by molar-refractivity contribution is 0.246. The van der Waals surface area contributed by atoms with E-state index in [9.17, 15) is 0 Å². The first-order valence-electron chi connectivity index (χ1n) is 7.36. The maximum atomic E-state index is 6.21. The quantitative estimate of drug-likeness (QED) is 0.544. The van der Waals surface area contributed by atoms with Crippen molar-refractivity contribution >= 4 is 34.8 Å². The Morgan fingerprint density at radius 1 is 0.739 bits per heavy atom. The van der Waals surface area contributed by atoms with E-state index in [0.717, 1.165) is 28.9 Å². The third-order valence-electron chi connectivity index (χ3n) is 3.35. The molecule has 0 aliphatic rings. The van der Waals surface area contributed by atoms with Crippen LogP contribution in [0.5, 0.6) is 11.5 Å². The number of rotatable bonds is 6. The second-order valence-corrected chi connectivity index (χ2v) is 6.73. The smallest absolute Gasteiger partial charge is 0.140 e. The molecule has 0 bridgehead atoms. The molecule has 0 fully saturated rings. The van der Waals surface area contributed by atoms with Crippen molar-refractivity contribution in [3.05, 3.63) is 56.0 Å². The van der Waals surface area contributed by atoms with Gasteiger partial charge in [0.1, 0.15) is 11.5 Å². The summed E-state index contributed by atoms with van der Waals surface area (Å²) >= 11 is 18.3. The molecule has 0 amide bonds. The highest BCUT2D eigenvalue weighted by Crippen LogP contribution is 2.32. The van der Waals surface area contributed by atoms with Gasteiger partial charge in [0.15, 0.2) is 0 Å². The summed E-state index contributed by atoms with van der Waals surface area (Å²) in [6.07, 6.45) is 0.724. The van der Waals surface area contributed by atoms with Crippen LogP contribution in [0.25, 0.3) is 0 Å². The van der Waals surface area contributed by atoms with Crippen LogP contribution in [0.15, 0.2) is 24.3 Å². The largest absolute Gasteiger partial charge is 0.492 e. The van der Waals surface area contributed by atoms with Crippen molar-refractivity contribution in [2.45, 2.75) is 27.2 Å². The second kappa shape index (κ2) is 8.14. The van der Waals surface area contributed by atoms with E-state index in [-0.39, 0.29) is 0 Å². The molecule has 0 aromatic heterocycles. The average molecular weight is 374 g/mol. The molecule has 2 aromatic carbocycles. The van der Waals surface area contributed by atoms with Gasteiger partial charge in [0, 0.05) is 11.4 Å². The van der Waals surface area contributed by atoms with E-state index in [0.29, 0.717) is 34.0 Å². The molecule has 0 aliphatic carbocycles. The Bertz CT molecular complexity index is 593. The van der Waals surface area contributed by atoms with Crippen molar-refractivity contribution in [2.24, 2.45) is 0 Å². The number of aryl methyl sites for hydroxylation is 3. The highest BCUT2D eigenvalue weighted by Gasteiger charge is 2.09. The lowest BCUT2D eigenvalue weighted by Gasteiger charge is -2.14. The highest BCUT2D eigenvalue weighted by atomic mass is 35.5. The van der Waals surface area contributed by atoms with Crippen molar-refractivity contribution in [1.29, 1.82) is 0 Å². The standard InChI is InChI=1S/C18H19Cl3O2/c1-11-7-12(2)17(15(20)8-11)22-5-4-6-23-18-13(3)9-14(19)10-16(18)21/h7-10H,4-6H2,1-3H3. The van der Waals surface area contributed by atoms with Gasteiger partial charge in [-0.15, -0.1) is 0 Å². The van der Waals surface area contributed by atoms with Crippen LogP contribution in [0, 0.1) is 20.8 Å². The number of ether oxygens (including phenoxy) is 2. The van der Waals surface area contributed by atoms with Crippen LogP contribution in [0.4, 0.5) is 0 Å². The minimum absolute atomic E-state index is 0.505. The van der Waals surface area contributed by atoms with Gasteiger partial charge in [0.2, 0.25) is 0 Å². The Labute approximate surface area is 152 Å². The zero-order chi connectivity index (χ0) is 17.0. The highest BCUT2D eigenvalue weighted by molar-refractivity contribution is 6.35. The Hall–Kier alpha value is -1.09. The molecular weight excluding hydrogens is 355 g/mol. The molecule has 23 heavy (non-hydrogen) atoms. The number of hydrogen-bond acceptors (Lipinski definition) is 2. The fraction of sp³-hybridized carbons (Fsp3) is 0.333. The Morgan fingerprint density at radius 3 is 1.78 bits per heavy atom. The van der Waals surface area contributed by atoms with Crippen molar-refractivity contribution in [3.8, 4) is 11.5 Å². The Kier molecular flexibility index (Phi) is 6.46. The second-order valence-electron chi connectivity index (χ2n) is 5.48. The summed E-state index contributed by atoms with van der Waals surface area (Å²) in [6.45, 7) is 6.94. The van der Waals surface area contributed by atoms with E-state index in [4.69, 9.17) is 44.3 Å². The Morgan fingerprint density at radius 2 is 1.26 bits per heavy atom. The zero-order valence-electron chi connectivity index (χ0n) is 13.4. The van der Waals surface area contributed by atoms with E-state index in [2.05, 4.69) is 6.07 Å². The molecule has 2 aromatic rings.